The average molecular weight is 285 g/mol. The van der Waals surface area contributed by atoms with Crippen LogP contribution >= 0.6 is 0 Å². The molecule has 2 unspecified atom stereocenters. The average Bonchev–Trinajstić information content (AvgIpc) is 2.54. The smallest absolute Gasteiger partial charge is 0.136 e. The van der Waals surface area contributed by atoms with Crippen molar-refractivity contribution in [1.29, 1.82) is 0 Å². The van der Waals surface area contributed by atoms with Crippen molar-refractivity contribution in [1.82, 2.24) is 4.98 Å². The van der Waals surface area contributed by atoms with Gasteiger partial charge in [0.25, 0.3) is 0 Å². The molecule has 2 heterocycles. The molecule has 2 atom stereocenters. The van der Waals surface area contributed by atoms with Gasteiger partial charge in [-0.05, 0) is 24.5 Å². The molecule has 2 aromatic rings. The second kappa shape index (κ2) is 5.90. The summed E-state index contributed by atoms with van der Waals surface area (Å²) in [6.07, 6.45) is 4.02. The molecule has 0 spiro atoms. The van der Waals surface area contributed by atoms with Gasteiger partial charge in [-0.1, -0.05) is 25.5 Å². The fraction of sp³-hybridized carbons (Fsp3) is 0.471. The zero-order chi connectivity index (χ0) is 14.8. The number of hydrogen-bond acceptors (Lipinski definition) is 4. The third-order valence-electron chi connectivity index (χ3n) is 4.58. The normalized spacial score (nSPS) is 22.5. The maximum atomic E-state index is 6.22. The molecule has 2 N–H and O–H groups in total. The van der Waals surface area contributed by atoms with Gasteiger partial charge in [-0.3, -0.25) is 0 Å². The van der Waals surface area contributed by atoms with Gasteiger partial charge < -0.3 is 15.4 Å². The predicted octanol–water partition coefficient (Wildman–Crippen LogP) is 2.81. The van der Waals surface area contributed by atoms with Crippen LogP contribution in [0, 0.1) is 5.92 Å². The Bertz CT molecular complexity index is 628. The molecule has 1 aliphatic rings. The molecular weight excluding hydrogens is 262 g/mol. The molecule has 1 aromatic heterocycles. The van der Waals surface area contributed by atoms with Crippen molar-refractivity contribution in [3.8, 4) is 5.75 Å². The lowest BCUT2D eigenvalue weighted by molar-refractivity contribution is 0.347. The fourth-order valence-electron chi connectivity index (χ4n) is 3.27. The molecule has 1 fully saturated rings. The monoisotopic (exact) mass is 285 g/mol. The van der Waals surface area contributed by atoms with Crippen LogP contribution in [-0.4, -0.2) is 31.2 Å². The van der Waals surface area contributed by atoms with Gasteiger partial charge in [0.05, 0.1) is 7.11 Å². The molecular formula is C17H23N3O. The van der Waals surface area contributed by atoms with E-state index in [1.54, 1.807) is 7.11 Å². The molecule has 1 saturated heterocycles. The van der Waals surface area contributed by atoms with Crippen LogP contribution in [0.1, 0.15) is 19.8 Å². The van der Waals surface area contributed by atoms with Crippen molar-refractivity contribution in [2.24, 2.45) is 11.7 Å². The van der Waals surface area contributed by atoms with Gasteiger partial charge in [0.2, 0.25) is 0 Å². The van der Waals surface area contributed by atoms with Gasteiger partial charge in [-0.25, -0.2) is 4.98 Å². The predicted molar refractivity (Wildman–Crippen MR) is 86.9 cm³/mol. The number of piperidine rings is 1. The Morgan fingerprint density at radius 1 is 1.33 bits per heavy atom. The van der Waals surface area contributed by atoms with Crippen LogP contribution in [0.3, 0.4) is 0 Å². The summed E-state index contributed by atoms with van der Waals surface area (Å²) in [5.41, 5.74) is 6.22. The third-order valence-corrected chi connectivity index (χ3v) is 4.58. The Labute approximate surface area is 125 Å². The highest BCUT2D eigenvalue weighted by Gasteiger charge is 2.26. The van der Waals surface area contributed by atoms with Crippen LogP contribution in [0.15, 0.2) is 30.5 Å². The SMILES string of the molecule is CCC1CN(c2nccc3c(OC)cccc23)CCC1N. The van der Waals surface area contributed by atoms with Crippen LogP contribution < -0.4 is 15.4 Å². The minimum Gasteiger partial charge on any atom is -0.496 e. The number of nitrogens with zero attached hydrogens (tertiary/aromatic N) is 2. The number of rotatable bonds is 3. The Balaban J connectivity index is 2.01. The molecule has 0 bridgehead atoms. The lowest BCUT2D eigenvalue weighted by Gasteiger charge is -2.37. The van der Waals surface area contributed by atoms with Gasteiger partial charge in [-0.2, -0.15) is 0 Å². The maximum Gasteiger partial charge on any atom is 0.136 e. The van der Waals surface area contributed by atoms with E-state index in [0.717, 1.165) is 48.3 Å². The molecule has 1 aliphatic heterocycles. The molecule has 21 heavy (non-hydrogen) atoms. The Hall–Kier alpha value is -1.81. The van der Waals surface area contributed by atoms with Gasteiger partial charge in [0, 0.05) is 36.1 Å². The first-order valence-corrected chi connectivity index (χ1v) is 7.66. The summed E-state index contributed by atoms with van der Waals surface area (Å²) in [7, 11) is 1.71. The Kier molecular flexibility index (Phi) is 3.97. The van der Waals surface area contributed by atoms with E-state index < -0.39 is 0 Å². The first kappa shape index (κ1) is 14.1. The molecule has 3 rings (SSSR count). The zero-order valence-electron chi connectivity index (χ0n) is 12.7. The van der Waals surface area contributed by atoms with Gasteiger partial charge in [-0.15, -0.1) is 0 Å². The molecule has 0 saturated carbocycles. The van der Waals surface area contributed by atoms with Gasteiger partial charge in [0.1, 0.15) is 11.6 Å². The first-order chi connectivity index (χ1) is 10.2. The van der Waals surface area contributed by atoms with Gasteiger partial charge >= 0.3 is 0 Å². The third kappa shape index (κ3) is 2.56. The number of methoxy groups -OCH3 is 1. The van der Waals surface area contributed by atoms with E-state index in [-0.39, 0.29) is 0 Å². The summed E-state index contributed by atoms with van der Waals surface area (Å²) in [6, 6.07) is 8.47. The summed E-state index contributed by atoms with van der Waals surface area (Å²) in [5.74, 6) is 2.50. The minimum absolute atomic E-state index is 0.316. The molecule has 112 valence electrons. The Morgan fingerprint density at radius 2 is 2.19 bits per heavy atom. The van der Waals surface area contributed by atoms with E-state index in [2.05, 4.69) is 22.9 Å². The number of nitrogens with two attached hydrogens (primary N) is 1. The number of ether oxygens (including phenoxy) is 1. The van der Waals surface area contributed by atoms with Crippen molar-refractivity contribution in [2.45, 2.75) is 25.8 Å². The van der Waals surface area contributed by atoms with E-state index in [9.17, 15) is 0 Å². The van der Waals surface area contributed by atoms with Crippen molar-refractivity contribution < 1.29 is 4.74 Å². The van der Waals surface area contributed by atoms with Crippen molar-refractivity contribution >= 4 is 16.6 Å². The highest BCUT2D eigenvalue weighted by atomic mass is 16.5. The highest BCUT2D eigenvalue weighted by Crippen LogP contribution is 2.33. The van der Waals surface area contributed by atoms with Crippen LogP contribution in [0.4, 0.5) is 5.82 Å². The van der Waals surface area contributed by atoms with E-state index in [1.807, 2.05) is 24.4 Å². The number of pyridine rings is 1. The summed E-state index contributed by atoms with van der Waals surface area (Å²) < 4.78 is 5.46. The van der Waals surface area contributed by atoms with Crippen molar-refractivity contribution in [3.63, 3.8) is 0 Å². The second-order valence-corrected chi connectivity index (χ2v) is 5.76. The Morgan fingerprint density at radius 3 is 2.95 bits per heavy atom. The minimum atomic E-state index is 0.316. The van der Waals surface area contributed by atoms with Gasteiger partial charge in [0.15, 0.2) is 0 Å². The lowest BCUT2D eigenvalue weighted by atomic mass is 9.90. The number of benzene rings is 1. The molecule has 0 amide bonds. The summed E-state index contributed by atoms with van der Waals surface area (Å²) in [6.45, 7) is 4.18. The number of hydrogen-bond donors (Lipinski definition) is 1. The van der Waals surface area contributed by atoms with E-state index in [0.29, 0.717) is 12.0 Å². The van der Waals surface area contributed by atoms with Crippen LogP contribution in [0.5, 0.6) is 5.75 Å². The lowest BCUT2D eigenvalue weighted by Crippen LogP contribution is -2.47. The van der Waals surface area contributed by atoms with E-state index in [4.69, 9.17) is 10.5 Å². The van der Waals surface area contributed by atoms with Crippen LogP contribution in [-0.2, 0) is 0 Å². The summed E-state index contributed by atoms with van der Waals surface area (Å²) in [4.78, 5) is 7.00. The fourth-order valence-corrected chi connectivity index (χ4v) is 3.27. The van der Waals surface area contributed by atoms with Crippen molar-refractivity contribution in [3.05, 3.63) is 30.5 Å². The number of aromatic nitrogens is 1. The number of anilines is 1. The number of fused-ring (bicyclic) bond motifs is 1. The molecule has 1 aromatic carbocycles. The largest absolute Gasteiger partial charge is 0.496 e. The first-order valence-electron chi connectivity index (χ1n) is 7.66. The quantitative estimate of drug-likeness (QED) is 0.942. The molecule has 0 radical (unpaired) electrons. The van der Waals surface area contributed by atoms with Crippen LogP contribution in [0.2, 0.25) is 0 Å². The van der Waals surface area contributed by atoms with E-state index in [1.165, 1.54) is 0 Å². The maximum absolute atomic E-state index is 6.22. The summed E-state index contributed by atoms with van der Waals surface area (Å²) >= 11 is 0. The zero-order valence-corrected chi connectivity index (χ0v) is 12.7. The molecule has 4 nitrogen and oxygen atoms in total. The summed E-state index contributed by atoms with van der Waals surface area (Å²) in [5, 5.41) is 2.27. The topological polar surface area (TPSA) is 51.4 Å². The molecule has 0 aliphatic carbocycles. The molecule has 4 heteroatoms. The highest BCUT2D eigenvalue weighted by molar-refractivity contribution is 5.96. The van der Waals surface area contributed by atoms with Crippen molar-refractivity contribution in [2.75, 3.05) is 25.1 Å². The van der Waals surface area contributed by atoms with E-state index >= 15 is 0 Å². The standard InChI is InChI=1S/C17H23N3O/c1-3-12-11-20(10-8-15(12)18)17-14-5-4-6-16(21-2)13(14)7-9-19-17/h4-7,9,12,15H,3,8,10-11,18H2,1-2H3. The second-order valence-electron chi connectivity index (χ2n) is 5.76. The van der Waals surface area contributed by atoms with Crippen LogP contribution in [0.25, 0.3) is 10.8 Å².